The van der Waals surface area contributed by atoms with Crippen molar-refractivity contribution in [2.45, 2.75) is 13.8 Å². The van der Waals surface area contributed by atoms with Crippen molar-refractivity contribution >= 4 is 32.9 Å². The van der Waals surface area contributed by atoms with Gasteiger partial charge in [-0.2, -0.15) is 0 Å². The lowest BCUT2D eigenvalue weighted by atomic mass is 10.1. The van der Waals surface area contributed by atoms with E-state index in [4.69, 9.17) is 9.52 Å². The van der Waals surface area contributed by atoms with E-state index >= 15 is 0 Å². The molecule has 0 saturated heterocycles. The van der Waals surface area contributed by atoms with Crippen LogP contribution in [0.15, 0.2) is 57.4 Å². The fourth-order valence-electron chi connectivity index (χ4n) is 3.11. The first kappa shape index (κ1) is 16.7. The summed E-state index contributed by atoms with van der Waals surface area (Å²) in [6, 6.07) is 14.9. The number of H-pyrrole nitrogens is 1. The summed E-state index contributed by atoms with van der Waals surface area (Å²) in [5.74, 6) is -0.175. The van der Waals surface area contributed by atoms with Gasteiger partial charge in [0, 0.05) is 11.1 Å². The molecule has 4 rings (SSSR count). The van der Waals surface area contributed by atoms with E-state index in [0.29, 0.717) is 0 Å². The molecule has 0 aliphatic carbocycles. The van der Waals surface area contributed by atoms with Gasteiger partial charge in [0.1, 0.15) is 5.58 Å². The van der Waals surface area contributed by atoms with Crippen molar-refractivity contribution in [2.24, 2.45) is 0 Å². The second-order valence-electron chi connectivity index (χ2n) is 6.32. The molecule has 2 N–H and O–H groups in total. The molecule has 0 spiro atoms. The van der Waals surface area contributed by atoms with Crippen LogP contribution in [0.3, 0.4) is 0 Å². The summed E-state index contributed by atoms with van der Waals surface area (Å²) in [6.07, 6.45) is 0. The molecule has 0 bridgehead atoms. The predicted molar refractivity (Wildman–Crippen MR) is 106 cm³/mol. The van der Waals surface area contributed by atoms with E-state index in [0.717, 1.165) is 49.3 Å². The van der Waals surface area contributed by atoms with Crippen LogP contribution in [0.2, 0.25) is 0 Å². The normalized spacial score (nSPS) is 11.2. The summed E-state index contributed by atoms with van der Waals surface area (Å²) in [6.45, 7) is 4.10. The molecule has 0 amide bonds. The third-order valence-corrected chi connectivity index (χ3v) is 5.32. The molecule has 0 unspecified atom stereocenters. The molecule has 5 heteroatoms. The second kappa shape index (κ2) is 6.18. The highest BCUT2D eigenvalue weighted by Crippen LogP contribution is 2.40. The summed E-state index contributed by atoms with van der Waals surface area (Å²) in [5, 5.41) is 10.1. The Morgan fingerprint density at radius 3 is 2.27 bits per heavy atom. The lowest BCUT2D eigenvalue weighted by molar-refractivity contribution is 0.0697. The number of furan rings is 1. The Morgan fingerprint density at radius 2 is 1.62 bits per heavy atom. The molecule has 26 heavy (non-hydrogen) atoms. The Morgan fingerprint density at radius 1 is 0.962 bits per heavy atom. The number of carboxylic acid groups (broad SMARTS) is 1. The van der Waals surface area contributed by atoms with Crippen LogP contribution in [-0.4, -0.2) is 16.1 Å². The van der Waals surface area contributed by atoms with Crippen LogP contribution in [0.5, 0.6) is 0 Å². The number of fused-ring (bicyclic) bond motifs is 1. The van der Waals surface area contributed by atoms with Crippen molar-refractivity contribution < 1.29 is 14.3 Å². The quantitative estimate of drug-likeness (QED) is 0.424. The van der Waals surface area contributed by atoms with Crippen molar-refractivity contribution in [2.75, 3.05) is 0 Å². The molecule has 4 nitrogen and oxygen atoms in total. The summed E-state index contributed by atoms with van der Waals surface area (Å²) < 4.78 is 7.07. The Balaban J connectivity index is 1.78. The average molecular weight is 410 g/mol. The van der Waals surface area contributed by atoms with Crippen LogP contribution in [-0.2, 0) is 0 Å². The molecule has 130 valence electrons. The van der Waals surface area contributed by atoms with Crippen LogP contribution >= 0.6 is 15.9 Å². The van der Waals surface area contributed by atoms with Gasteiger partial charge in [0.25, 0.3) is 0 Å². The standard InChI is InChI=1S/C21H16BrNO3/c1-11-3-4-12(2)19-17(11)18(22)20(26-19)16-10-9-15(23-16)13-5-7-14(8-6-13)21(24)25/h3-10,23H,1-2H3,(H,24,25). The van der Waals surface area contributed by atoms with Gasteiger partial charge in [-0.1, -0.05) is 24.3 Å². The van der Waals surface area contributed by atoms with E-state index in [-0.39, 0.29) is 5.56 Å². The first-order valence-corrected chi connectivity index (χ1v) is 8.96. The van der Waals surface area contributed by atoms with Crippen LogP contribution < -0.4 is 0 Å². The zero-order valence-corrected chi connectivity index (χ0v) is 15.8. The molecule has 0 aliphatic rings. The topological polar surface area (TPSA) is 66.2 Å². The molecule has 0 aliphatic heterocycles. The molecular weight excluding hydrogens is 394 g/mol. The monoisotopic (exact) mass is 409 g/mol. The van der Waals surface area contributed by atoms with Crippen molar-refractivity contribution in [1.29, 1.82) is 0 Å². The summed E-state index contributed by atoms with van der Waals surface area (Å²) in [5.41, 5.74) is 6.08. The number of carboxylic acids is 1. The van der Waals surface area contributed by atoms with E-state index in [1.807, 2.05) is 19.1 Å². The van der Waals surface area contributed by atoms with Gasteiger partial charge in [0.05, 0.1) is 15.7 Å². The van der Waals surface area contributed by atoms with Gasteiger partial charge in [0.2, 0.25) is 0 Å². The number of aromatic amines is 1. The van der Waals surface area contributed by atoms with Gasteiger partial charge in [-0.05, 0) is 70.7 Å². The minimum atomic E-state index is -0.930. The number of benzene rings is 2. The van der Waals surface area contributed by atoms with Crippen molar-refractivity contribution in [3.05, 3.63) is 69.7 Å². The summed E-state index contributed by atoms with van der Waals surface area (Å²) >= 11 is 3.69. The minimum absolute atomic E-state index is 0.270. The zero-order valence-electron chi connectivity index (χ0n) is 14.3. The number of rotatable bonds is 3. The molecule has 0 saturated carbocycles. The maximum absolute atomic E-state index is 11.0. The van der Waals surface area contributed by atoms with Gasteiger partial charge >= 0.3 is 5.97 Å². The molecule has 0 atom stereocenters. The smallest absolute Gasteiger partial charge is 0.335 e. The highest BCUT2D eigenvalue weighted by molar-refractivity contribution is 9.10. The van der Waals surface area contributed by atoms with Gasteiger partial charge in [-0.25, -0.2) is 4.79 Å². The highest BCUT2D eigenvalue weighted by atomic mass is 79.9. The zero-order chi connectivity index (χ0) is 18.4. The molecule has 2 aromatic carbocycles. The predicted octanol–water partition coefficient (Wildman–Crippen LogP) is 6.17. The highest BCUT2D eigenvalue weighted by Gasteiger charge is 2.18. The number of nitrogens with one attached hydrogen (secondary N) is 1. The van der Waals surface area contributed by atoms with Crippen molar-refractivity contribution in [3.8, 4) is 22.7 Å². The number of aryl methyl sites for hydroxylation is 2. The number of carbonyl (C=O) groups is 1. The number of hydrogen-bond donors (Lipinski definition) is 2. The maximum Gasteiger partial charge on any atom is 0.335 e. The number of halogens is 1. The first-order chi connectivity index (χ1) is 12.5. The molecule has 0 fully saturated rings. The van der Waals surface area contributed by atoms with Crippen LogP contribution in [0, 0.1) is 13.8 Å². The first-order valence-electron chi connectivity index (χ1n) is 8.17. The molecular formula is C21H16BrNO3. The second-order valence-corrected chi connectivity index (χ2v) is 7.11. The van der Waals surface area contributed by atoms with E-state index < -0.39 is 5.97 Å². The number of aromatic nitrogens is 1. The minimum Gasteiger partial charge on any atom is -0.478 e. The lowest BCUT2D eigenvalue weighted by Crippen LogP contribution is -1.94. The Hall–Kier alpha value is -2.79. The van der Waals surface area contributed by atoms with Gasteiger partial charge in [-0.15, -0.1) is 0 Å². The largest absolute Gasteiger partial charge is 0.478 e. The summed E-state index contributed by atoms with van der Waals surface area (Å²) in [7, 11) is 0. The van der Waals surface area contributed by atoms with Crippen LogP contribution in [0.4, 0.5) is 0 Å². The molecule has 2 heterocycles. The third-order valence-electron chi connectivity index (χ3n) is 4.56. The van der Waals surface area contributed by atoms with Crippen LogP contribution in [0.25, 0.3) is 33.7 Å². The van der Waals surface area contributed by atoms with E-state index in [1.54, 1.807) is 24.3 Å². The molecule has 0 radical (unpaired) electrons. The van der Waals surface area contributed by atoms with E-state index in [2.05, 4.69) is 40.0 Å². The van der Waals surface area contributed by atoms with E-state index in [1.165, 1.54) is 0 Å². The van der Waals surface area contributed by atoms with Gasteiger partial charge < -0.3 is 14.5 Å². The molecule has 2 aromatic heterocycles. The fourth-order valence-corrected chi connectivity index (χ4v) is 3.90. The Bertz CT molecular complexity index is 1140. The summed E-state index contributed by atoms with van der Waals surface area (Å²) in [4.78, 5) is 14.4. The van der Waals surface area contributed by atoms with E-state index in [9.17, 15) is 4.79 Å². The maximum atomic E-state index is 11.0. The third kappa shape index (κ3) is 2.65. The van der Waals surface area contributed by atoms with Crippen molar-refractivity contribution in [3.63, 3.8) is 0 Å². The van der Waals surface area contributed by atoms with Gasteiger partial charge in [0.15, 0.2) is 5.76 Å². The number of hydrogen-bond acceptors (Lipinski definition) is 2. The van der Waals surface area contributed by atoms with Gasteiger partial charge in [-0.3, -0.25) is 0 Å². The fraction of sp³-hybridized carbons (Fsp3) is 0.0952. The lowest BCUT2D eigenvalue weighted by Gasteiger charge is -2.00. The SMILES string of the molecule is Cc1ccc(C)c2c(Br)c(-c3ccc(-c4ccc(C(=O)O)cc4)[nH]3)oc12. The Kier molecular flexibility index (Phi) is 3.96. The van der Waals surface area contributed by atoms with Crippen molar-refractivity contribution in [1.82, 2.24) is 4.98 Å². The van der Waals surface area contributed by atoms with Crippen LogP contribution in [0.1, 0.15) is 21.5 Å². The Labute approximate surface area is 158 Å². The molecule has 4 aromatic rings. The number of aromatic carboxylic acids is 1. The average Bonchev–Trinajstić information content (AvgIpc) is 3.24.